The van der Waals surface area contributed by atoms with Gasteiger partial charge in [-0.25, -0.2) is 0 Å². The van der Waals surface area contributed by atoms with Crippen LogP contribution >= 0.6 is 0 Å². The Morgan fingerprint density at radius 3 is 2.64 bits per heavy atom. The third-order valence-electron chi connectivity index (χ3n) is 5.21. The molecular weight excluding hydrogens is 290 g/mol. The Kier molecular flexibility index (Phi) is 4.33. The van der Waals surface area contributed by atoms with Crippen LogP contribution in [0, 0.1) is 17.4 Å². The van der Waals surface area contributed by atoms with E-state index in [9.17, 15) is 4.79 Å². The fourth-order valence-electron chi connectivity index (χ4n) is 4.31. The molecule has 0 radical (unpaired) electrons. The number of nitrogens with zero attached hydrogens (tertiary/aromatic N) is 1. The molecule has 2 saturated heterocycles. The van der Waals surface area contributed by atoms with Crippen LogP contribution < -0.4 is 0 Å². The number of hydroxylamine groups is 2. The van der Waals surface area contributed by atoms with Crippen LogP contribution in [0.3, 0.4) is 0 Å². The lowest BCUT2D eigenvalue weighted by Crippen LogP contribution is -2.55. The third kappa shape index (κ3) is 2.82. The molecule has 4 atom stereocenters. The Hall–Kier alpha value is -0.893. The number of piperidine rings is 1. The summed E-state index contributed by atoms with van der Waals surface area (Å²) in [6, 6.07) is -0.0548. The van der Waals surface area contributed by atoms with Crippen LogP contribution in [-0.4, -0.2) is 37.1 Å². The Balaban J connectivity index is 1.83. The summed E-state index contributed by atoms with van der Waals surface area (Å²) in [5.41, 5.74) is 3.44. The lowest BCUT2D eigenvalue weighted by atomic mass is 9.67. The van der Waals surface area contributed by atoms with Crippen molar-refractivity contribution in [3.63, 3.8) is 0 Å². The average molecular weight is 318 g/mol. The zero-order valence-electron chi connectivity index (χ0n) is 14.0. The van der Waals surface area contributed by atoms with Crippen LogP contribution in [0.5, 0.6) is 0 Å². The van der Waals surface area contributed by atoms with Crippen LogP contribution in [0.15, 0.2) is 12.2 Å². The lowest BCUT2D eigenvalue weighted by molar-refractivity contribution is -0.215. The van der Waals surface area contributed by atoms with Gasteiger partial charge in [-0.2, -0.15) is 5.06 Å². The minimum absolute atomic E-state index is 0.0457. The van der Waals surface area contributed by atoms with E-state index in [0.29, 0.717) is 5.92 Å². The molecule has 1 spiro atoms. The monoisotopic (exact) mass is 317 g/mol. The minimum Gasteiger partial charge on any atom is -0.302 e. The standard InChI is InChI=1S/C18H27NO2Si/c1-22(2,3)13-5-4-9-16-17-10-7-12-18(16)11-6-8-15(14-20)19(18)21-17/h4,9,14-17H,6-8,10-12H2,1-3H3/b9-4-/t15-,16+,17-,18+/m0/s1. The molecule has 2 aliphatic heterocycles. The van der Waals surface area contributed by atoms with Crippen molar-refractivity contribution in [3.05, 3.63) is 12.2 Å². The first-order valence-corrected chi connectivity index (χ1v) is 12.1. The summed E-state index contributed by atoms with van der Waals surface area (Å²) in [7, 11) is -1.32. The zero-order valence-corrected chi connectivity index (χ0v) is 15.0. The van der Waals surface area contributed by atoms with Gasteiger partial charge >= 0.3 is 0 Å². The first-order chi connectivity index (χ1) is 10.5. The number of allylic oxidation sites excluding steroid dienone is 1. The summed E-state index contributed by atoms with van der Waals surface area (Å²) in [6.07, 6.45) is 12.3. The van der Waals surface area contributed by atoms with Gasteiger partial charge in [0.25, 0.3) is 0 Å². The van der Waals surface area contributed by atoms with Crippen LogP contribution in [-0.2, 0) is 9.63 Å². The maximum Gasteiger partial charge on any atom is 0.139 e. The number of rotatable bonds is 2. The highest BCUT2D eigenvalue weighted by molar-refractivity contribution is 6.83. The SMILES string of the molecule is C[Si](C)(C)C#C/C=C\[C@@H]1[C@@H]2CCC[C@]13CCC[C@@H](C=O)N3O2. The quantitative estimate of drug-likeness (QED) is 0.444. The number of fused-ring (bicyclic) bond motifs is 1. The van der Waals surface area contributed by atoms with Gasteiger partial charge in [0.15, 0.2) is 0 Å². The lowest BCUT2D eigenvalue weighted by Gasteiger charge is -2.46. The smallest absolute Gasteiger partial charge is 0.139 e. The van der Waals surface area contributed by atoms with E-state index in [1.54, 1.807) is 0 Å². The number of hydrogen-bond acceptors (Lipinski definition) is 3. The molecule has 3 rings (SSSR count). The van der Waals surface area contributed by atoms with E-state index >= 15 is 0 Å². The van der Waals surface area contributed by atoms with Crippen molar-refractivity contribution in [1.82, 2.24) is 5.06 Å². The van der Waals surface area contributed by atoms with Crippen LogP contribution in [0.25, 0.3) is 0 Å². The fraction of sp³-hybridized carbons (Fsp3) is 0.722. The largest absolute Gasteiger partial charge is 0.302 e. The van der Waals surface area contributed by atoms with Crippen molar-refractivity contribution in [2.24, 2.45) is 5.92 Å². The second kappa shape index (κ2) is 5.96. The molecule has 3 aliphatic rings. The van der Waals surface area contributed by atoms with Gasteiger partial charge in [-0.1, -0.05) is 31.6 Å². The van der Waals surface area contributed by atoms with Crippen molar-refractivity contribution in [2.75, 3.05) is 0 Å². The summed E-state index contributed by atoms with van der Waals surface area (Å²) in [5, 5.41) is 2.07. The van der Waals surface area contributed by atoms with E-state index in [1.165, 1.54) is 6.42 Å². The number of carbonyl (C=O) groups is 1. The van der Waals surface area contributed by atoms with Gasteiger partial charge in [-0.3, -0.25) is 4.84 Å². The predicted molar refractivity (Wildman–Crippen MR) is 90.7 cm³/mol. The second-order valence-electron chi connectivity index (χ2n) is 7.97. The zero-order chi connectivity index (χ0) is 15.8. The molecule has 120 valence electrons. The topological polar surface area (TPSA) is 29.5 Å². The maximum absolute atomic E-state index is 11.4. The summed E-state index contributed by atoms with van der Waals surface area (Å²) >= 11 is 0. The fourth-order valence-corrected chi connectivity index (χ4v) is 4.83. The Bertz CT molecular complexity index is 523. The normalized spacial score (nSPS) is 38.4. The van der Waals surface area contributed by atoms with E-state index < -0.39 is 8.07 Å². The molecule has 3 nitrogen and oxygen atoms in total. The molecule has 1 saturated carbocycles. The van der Waals surface area contributed by atoms with Gasteiger partial charge in [-0.05, 0) is 44.6 Å². The van der Waals surface area contributed by atoms with Crippen molar-refractivity contribution >= 4 is 14.4 Å². The Morgan fingerprint density at radius 2 is 1.95 bits per heavy atom. The molecule has 0 aromatic heterocycles. The molecule has 22 heavy (non-hydrogen) atoms. The van der Waals surface area contributed by atoms with Crippen molar-refractivity contribution in [1.29, 1.82) is 0 Å². The molecule has 0 amide bonds. The van der Waals surface area contributed by atoms with Crippen molar-refractivity contribution in [3.8, 4) is 11.5 Å². The second-order valence-corrected chi connectivity index (χ2v) is 12.7. The van der Waals surface area contributed by atoms with E-state index in [0.717, 1.165) is 38.4 Å². The molecule has 0 aromatic carbocycles. The van der Waals surface area contributed by atoms with Gasteiger partial charge in [0.1, 0.15) is 14.4 Å². The molecule has 2 heterocycles. The third-order valence-corrected chi connectivity index (χ3v) is 6.10. The van der Waals surface area contributed by atoms with E-state index in [-0.39, 0.29) is 17.7 Å². The van der Waals surface area contributed by atoms with E-state index in [2.05, 4.69) is 42.2 Å². The first kappa shape index (κ1) is 16.0. The molecule has 2 bridgehead atoms. The summed E-state index contributed by atoms with van der Waals surface area (Å²) in [6.45, 7) is 6.78. The average Bonchev–Trinajstić information content (AvgIpc) is 2.63. The van der Waals surface area contributed by atoms with Crippen LogP contribution in [0.1, 0.15) is 38.5 Å². The summed E-state index contributed by atoms with van der Waals surface area (Å²) < 4.78 is 0. The molecule has 1 aliphatic carbocycles. The number of carbonyl (C=O) groups excluding carboxylic acids is 1. The van der Waals surface area contributed by atoms with Gasteiger partial charge in [0.2, 0.25) is 0 Å². The van der Waals surface area contributed by atoms with Crippen LogP contribution in [0.2, 0.25) is 19.6 Å². The highest BCUT2D eigenvalue weighted by atomic mass is 28.3. The van der Waals surface area contributed by atoms with Crippen LogP contribution in [0.4, 0.5) is 0 Å². The van der Waals surface area contributed by atoms with Crippen molar-refractivity contribution < 1.29 is 9.63 Å². The van der Waals surface area contributed by atoms with Crippen molar-refractivity contribution in [2.45, 2.75) is 75.9 Å². The molecule has 0 unspecified atom stereocenters. The Morgan fingerprint density at radius 1 is 1.23 bits per heavy atom. The van der Waals surface area contributed by atoms with E-state index in [4.69, 9.17) is 4.84 Å². The molecule has 0 N–H and O–H groups in total. The first-order valence-electron chi connectivity index (χ1n) is 8.57. The highest BCUT2D eigenvalue weighted by Gasteiger charge is 2.59. The highest BCUT2D eigenvalue weighted by Crippen LogP contribution is 2.53. The number of aldehydes is 1. The minimum atomic E-state index is -1.32. The maximum atomic E-state index is 11.4. The van der Waals surface area contributed by atoms with Gasteiger partial charge in [-0.15, -0.1) is 5.54 Å². The molecule has 0 aromatic rings. The molecule has 4 heteroatoms. The van der Waals surface area contributed by atoms with Gasteiger partial charge in [0, 0.05) is 5.92 Å². The summed E-state index contributed by atoms with van der Waals surface area (Å²) in [5.74, 6) is 3.64. The Labute approximate surface area is 135 Å². The molecular formula is C18H27NO2Si. The van der Waals surface area contributed by atoms with E-state index in [1.807, 2.05) is 6.08 Å². The predicted octanol–water partition coefficient (Wildman–Crippen LogP) is 3.33. The number of hydrogen-bond donors (Lipinski definition) is 0. The molecule has 3 fully saturated rings. The summed E-state index contributed by atoms with van der Waals surface area (Å²) in [4.78, 5) is 17.6. The van der Waals surface area contributed by atoms with Gasteiger partial charge in [0.05, 0.1) is 17.7 Å². The van der Waals surface area contributed by atoms with Gasteiger partial charge < -0.3 is 4.79 Å².